The van der Waals surface area contributed by atoms with E-state index in [-0.39, 0.29) is 44.4 Å². The number of carbonyl (C=O) groups is 3. The molecule has 0 atom stereocenters. The third kappa shape index (κ3) is 8.88. The second-order valence-electron chi connectivity index (χ2n) is 12.8. The number of piperazine rings is 1. The molecule has 0 aromatic heterocycles. The molecule has 0 spiro atoms. The van der Waals surface area contributed by atoms with E-state index < -0.39 is 45.0 Å². The van der Waals surface area contributed by atoms with Gasteiger partial charge < -0.3 is 21.5 Å². The molecular formula is C36H43N7O8S2. The molecule has 0 bridgehead atoms. The van der Waals surface area contributed by atoms with Crippen molar-refractivity contribution in [3.8, 4) is 5.75 Å². The topological polar surface area (TPSA) is 206 Å². The van der Waals surface area contributed by atoms with Gasteiger partial charge >= 0.3 is 0 Å². The van der Waals surface area contributed by atoms with E-state index >= 15 is 0 Å². The molecule has 5 N–H and O–H groups in total. The van der Waals surface area contributed by atoms with Crippen molar-refractivity contribution in [1.82, 2.24) is 9.80 Å². The summed E-state index contributed by atoms with van der Waals surface area (Å²) in [6, 6.07) is 20.6. The summed E-state index contributed by atoms with van der Waals surface area (Å²) in [5.41, 5.74) is 11.5. The summed E-state index contributed by atoms with van der Waals surface area (Å²) in [4.78, 5) is 41.4. The van der Waals surface area contributed by atoms with Gasteiger partial charge in [0.1, 0.15) is 18.8 Å². The van der Waals surface area contributed by atoms with Crippen molar-refractivity contribution < 1.29 is 36.0 Å². The minimum absolute atomic E-state index is 0.0268. The molecule has 4 aromatic rings. The molecule has 0 unspecified atom stereocenters. The summed E-state index contributed by atoms with van der Waals surface area (Å²) in [6.07, 6.45) is 0. The van der Waals surface area contributed by atoms with Gasteiger partial charge in [-0.25, -0.2) is 16.8 Å². The predicted octanol–water partition coefficient (Wildman–Crippen LogP) is 2.17. The van der Waals surface area contributed by atoms with Crippen molar-refractivity contribution in [1.29, 1.82) is 0 Å². The predicted molar refractivity (Wildman–Crippen MR) is 203 cm³/mol. The zero-order valence-electron chi connectivity index (χ0n) is 29.6. The Bertz CT molecular complexity index is 2190. The van der Waals surface area contributed by atoms with Crippen molar-refractivity contribution in [3.05, 3.63) is 84.9 Å². The van der Waals surface area contributed by atoms with Gasteiger partial charge in [-0.2, -0.15) is 0 Å². The Labute approximate surface area is 309 Å². The Hall–Kier alpha value is -5.23. The molecule has 3 amide bonds. The van der Waals surface area contributed by atoms with E-state index in [1.807, 2.05) is 0 Å². The summed E-state index contributed by atoms with van der Waals surface area (Å²) in [5.74, 6) is -1.70. The van der Waals surface area contributed by atoms with Gasteiger partial charge in [-0.1, -0.05) is 24.3 Å². The van der Waals surface area contributed by atoms with E-state index in [9.17, 15) is 31.2 Å². The number of nitrogens with two attached hydrogens (primary N) is 2. The maximum atomic E-state index is 14.2. The number of hydrogen-bond donors (Lipinski definition) is 3. The lowest BCUT2D eigenvalue weighted by Gasteiger charge is -2.36. The van der Waals surface area contributed by atoms with Crippen molar-refractivity contribution in [3.63, 3.8) is 0 Å². The first-order chi connectivity index (χ1) is 25.1. The Kier molecular flexibility index (Phi) is 11.9. The lowest BCUT2D eigenvalue weighted by atomic mass is 10.1. The van der Waals surface area contributed by atoms with Crippen LogP contribution in [0.4, 0.5) is 17.1 Å². The summed E-state index contributed by atoms with van der Waals surface area (Å²) in [6.45, 7) is 6.25. The van der Waals surface area contributed by atoms with Crippen LogP contribution in [-0.4, -0.2) is 103 Å². The number of benzene rings is 4. The number of amides is 3. The van der Waals surface area contributed by atoms with Crippen molar-refractivity contribution in [2.45, 2.75) is 29.7 Å². The van der Waals surface area contributed by atoms with Crippen molar-refractivity contribution in [2.75, 3.05) is 66.9 Å². The molecule has 53 heavy (non-hydrogen) atoms. The maximum Gasteiger partial charge on any atom is 0.264 e. The van der Waals surface area contributed by atoms with Crippen LogP contribution in [-0.2, 0) is 34.4 Å². The Morgan fingerprint density at radius 2 is 1.17 bits per heavy atom. The quantitative estimate of drug-likeness (QED) is 0.161. The van der Waals surface area contributed by atoms with Crippen molar-refractivity contribution in [2.24, 2.45) is 11.5 Å². The first kappa shape index (κ1) is 39.0. The minimum Gasteiger partial charge on any atom is -0.497 e. The largest absolute Gasteiger partial charge is 0.497 e. The Morgan fingerprint density at radius 3 is 1.58 bits per heavy atom. The zero-order valence-corrected chi connectivity index (χ0v) is 31.3. The number of nitrogens with zero attached hydrogens (tertiary/aromatic N) is 4. The lowest BCUT2D eigenvalue weighted by Crippen LogP contribution is -2.50. The number of sulfonamides is 2. The van der Waals surface area contributed by atoms with Crippen LogP contribution < -0.4 is 30.1 Å². The fraction of sp³-hybridized carbons (Fsp3) is 0.306. The van der Waals surface area contributed by atoms with Gasteiger partial charge in [0, 0.05) is 48.7 Å². The SMILES string of the molecule is COc1ccc(S(=O)(=O)N(CC(N)=O)c2ccc(N(CC(N)=O)S(=O)(=O)c3ccc(NC(=O)CN4CCN(C(C)C)CC4)cc3)c3ccccc23)cc1. The number of nitrogens with one attached hydrogen (secondary N) is 1. The molecule has 1 saturated heterocycles. The van der Waals surface area contributed by atoms with E-state index in [0.29, 0.717) is 17.5 Å². The van der Waals surface area contributed by atoms with Crippen LogP contribution in [0.15, 0.2) is 94.7 Å². The van der Waals surface area contributed by atoms with E-state index in [1.54, 1.807) is 24.3 Å². The number of methoxy groups -OCH3 is 1. The maximum absolute atomic E-state index is 14.2. The van der Waals surface area contributed by atoms with Gasteiger partial charge in [-0.05, 0) is 74.5 Å². The van der Waals surface area contributed by atoms with Crippen LogP contribution >= 0.6 is 0 Å². The van der Waals surface area contributed by atoms with Crippen LogP contribution in [0, 0.1) is 0 Å². The highest BCUT2D eigenvalue weighted by atomic mass is 32.2. The molecule has 0 saturated carbocycles. The highest BCUT2D eigenvalue weighted by molar-refractivity contribution is 7.93. The highest BCUT2D eigenvalue weighted by Gasteiger charge is 2.32. The van der Waals surface area contributed by atoms with Gasteiger partial charge in [0.15, 0.2) is 0 Å². The van der Waals surface area contributed by atoms with Gasteiger partial charge in [-0.3, -0.25) is 32.8 Å². The minimum atomic E-state index is -4.46. The molecule has 1 heterocycles. The first-order valence-electron chi connectivity index (χ1n) is 16.8. The number of anilines is 3. The summed E-state index contributed by atoms with van der Waals surface area (Å²) in [7, 11) is -7.41. The molecule has 0 radical (unpaired) electrons. The summed E-state index contributed by atoms with van der Waals surface area (Å²) >= 11 is 0. The zero-order chi connectivity index (χ0) is 38.5. The van der Waals surface area contributed by atoms with Crippen LogP contribution in [0.25, 0.3) is 10.8 Å². The van der Waals surface area contributed by atoms with Crippen LogP contribution in [0.2, 0.25) is 0 Å². The molecule has 1 aliphatic rings. The molecule has 1 aliphatic heterocycles. The second-order valence-corrected chi connectivity index (χ2v) is 16.5. The average molecular weight is 766 g/mol. The smallest absolute Gasteiger partial charge is 0.264 e. The van der Waals surface area contributed by atoms with Gasteiger partial charge in [0.25, 0.3) is 20.0 Å². The molecule has 15 nitrogen and oxygen atoms in total. The van der Waals surface area contributed by atoms with Gasteiger partial charge in [-0.15, -0.1) is 0 Å². The first-order valence-corrected chi connectivity index (χ1v) is 19.6. The normalized spacial score (nSPS) is 14.2. The Balaban J connectivity index is 1.46. The second kappa shape index (κ2) is 16.2. The highest BCUT2D eigenvalue weighted by Crippen LogP contribution is 2.38. The molecule has 1 fully saturated rings. The van der Waals surface area contributed by atoms with Crippen LogP contribution in [0.3, 0.4) is 0 Å². The van der Waals surface area contributed by atoms with Crippen LogP contribution in [0.1, 0.15) is 13.8 Å². The summed E-state index contributed by atoms with van der Waals surface area (Å²) in [5, 5.41) is 3.30. The third-order valence-electron chi connectivity index (χ3n) is 8.89. The number of carbonyl (C=O) groups excluding carboxylic acids is 3. The van der Waals surface area contributed by atoms with Gasteiger partial charge in [0.05, 0.1) is 34.8 Å². The van der Waals surface area contributed by atoms with E-state index in [0.717, 1.165) is 34.8 Å². The molecular weight excluding hydrogens is 723 g/mol. The number of rotatable bonds is 15. The van der Waals surface area contributed by atoms with E-state index in [1.165, 1.54) is 67.8 Å². The lowest BCUT2D eigenvalue weighted by molar-refractivity contribution is -0.118. The average Bonchev–Trinajstić information content (AvgIpc) is 3.13. The molecule has 5 rings (SSSR count). The monoisotopic (exact) mass is 765 g/mol. The van der Waals surface area contributed by atoms with E-state index in [4.69, 9.17) is 16.2 Å². The molecule has 4 aromatic carbocycles. The number of hydrogen-bond acceptors (Lipinski definition) is 10. The number of fused-ring (bicyclic) bond motifs is 1. The molecule has 282 valence electrons. The third-order valence-corrected chi connectivity index (χ3v) is 12.4. The molecule has 17 heteroatoms. The van der Waals surface area contributed by atoms with E-state index in [2.05, 4.69) is 29.0 Å². The summed E-state index contributed by atoms with van der Waals surface area (Å²) < 4.78 is 63.0. The fourth-order valence-corrected chi connectivity index (χ4v) is 9.04. The Morgan fingerprint density at radius 1 is 0.717 bits per heavy atom. The van der Waals surface area contributed by atoms with Crippen LogP contribution in [0.5, 0.6) is 5.75 Å². The van der Waals surface area contributed by atoms with Crippen molar-refractivity contribution >= 4 is 65.6 Å². The molecule has 0 aliphatic carbocycles. The fourth-order valence-electron chi connectivity index (χ4n) is 6.14. The van der Waals surface area contributed by atoms with Gasteiger partial charge in [0.2, 0.25) is 17.7 Å². The number of ether oxygens (including phenoxy) is 1. The number of primary amides is 2. The standard InChI is InChI=1S/C36H43N7O8S2/c1-25(2)41-20-18-40(19-21-41)24-36(46)39-26-8-12-28(13-9-26)52(47,48)42(22-34(37)44)32-16-17-33(31-7-5-4-6-30(31)32)43(23-35(38)45)53(49,50)29-14-10-27(51-3)11-15-29/h4-17,25H,18-24H2,1-3H3,(H2,37,44)(H2,38,45)(H,39,46).